The van der Waals surface area contributed by atoms with Crippen molar-refractivity contribution in [3.8, 4) is 0 Å². The average molecular weight is 287 g/mol. The van der Waals surface area contributed by atoms with E-state index < -0.39 is 0 Å². The van der Waals surface area contributed by atoms with Gasteiger partial charge in [0, 0.05) is 17.1 Å². The molecular weight excluding hydrogens is 266 g/mol. The quantitative estimate of drug-likeness (QED) is 0.866. The first-order chi connectivity index (χ1) is 9.74. The average Bonchev–Trinajstić information content (AvgIpc) is 2.48. The van der Waals surface area contributed by atoms with Gasteiger partial charge in [-0.1, -0.05) is 18.2 Å². The molecule has 0 amide bonds. The zero-order valence-corrected chi connectivity index (χ0v) is 13.0. The van der Waals surface area contributed by atoms with Crippen LogP contribution >= 0.6 is 11.8 Å². The van der Waals surface area contributed by atoms with Gasteiger partial charge in [0.05, 0.1) is 12.1 Å². The molecular formula is C16H21N3S. The molecule has 2 aromatic rings. The molecule has 106 valence electrons. The van der Waals surface area contributed by atoms with E-state index in [-0.39, 0.29) is 0 Å². The number of thioether (sulfide) groups is 1. The van der Waals surface area contributed by atoms with E-state index in [2.05, 4.69) is 47.7 Å². The van der Waals surface area contributed by atoms with Crippen molar-refractivity contribution >= 4 is 22.7 Å². The highest BCUT2D eigenvalue weighted by Crippen LogP contribution is 2.22. The molecule has 1 aromatic carbocycles. The Morgan fingerprint density at radius 3 is 2.75 bits per heavy atom. The third-order valence-corrected chi connectivity index (χ3v) is 5.09. The maximum absolute atomic E-state index is 4.71. The molecule has 3 rings (SSSR count). The van der Waals surface area contributed by atoms with Crippen LogP contribution in [0.25, 0.3) is 10.9 Å². The van der Waals surface area contributed by atoms with Crippen LogP contribution in [0.3, 0.4) is 0 Å². The number of nitrogens with zero attached hydrogens (tertiary/aromatic N) is 3. The Kier molecular flexibility index (Phi) is 4.22. The number of benzene rings is 1. The molecule has 0 aliphatic carbocycles. The van der Waals surface area contributed by atoms with Gasteiger partial charge in [0.25, 0.3) is 0 Å². The molecule has 3 nitrogen and oxygen atoms in total. The third kappa shape index (κ3) is 2.96. The molecule has 0 bridgehead atoms. The van der Waals surface area contributed by atoms with Crippen LogP contribution in [0.1, 0.15) is 24.4 Å². The van der Waals surface area contributed by atoms with E-state index in [4.69, 9.17) is 4.98 Å². The van der Waals surface area contributed by atoms with Crippen LogP contribution in [-0.4, -0.2) is 39.5 Å². The van der Waals surface area contributed by atoms with Crippen LogP contribution < -0.4 is 0 Å². The maximum Gasteiger partial charge on any atom is 0.143 e. The monoisotopic (exact) mass is 287 g/mol. The van der Waals surface area contributed by atoms with E-state index in [9.17, 15) is 0 Å². The predicted octanol–water partition coefficient (Wildman–Crippen LogP) is 3.27. The number of aromatic nitrogens is 2. The molecule has 4 heteroatoms. The van der Waals surface area contributed by atoms with Crippen molar-refractivity contribution in [3.05, 3.63) is 35.8 Å². The van der Waals surface area contributed by atoms with E-state index in [0.29, 0.717) is 6.04 Å². The van der Waals surface area contributed by atoms with Crippen LogP contribution in [-0.2, 0) is 6.54 Å². The van der Waals surface area contributed by atoms with Gasteiger partial charge in [-0.15, -0.1) is 0 Å². The minimum absolute atomic E-state index is 0.687. The number of hydrogen-bond donors (Lipinski definition) is 0. The highest BCUT2D eigenvalue weighted by molar-refractivity contribution is 7.99. The van der Waals surface area contributed by atoms with Gasteiger partial charge in [-0.2, -0.15) is 11.8 Å². The highest BCUT2D eigenvalue weighted by atomic mass is 32.2. The zero-order valence-electron chi connectivity index (χ0n) is 12.2. The number of para-hydroxylation sites is 1. The summed E-state index contributed by atoms with van der Waals surface area (Å²) >= 11 is 2.07. The molecule has 1 fully saturated rings. The lowest BCUT2D eigenvalue weighted by Gasteiger charge is -2.30. The Morgan fingerprint density at radius 2 is 1.95 bits per heavy atom. The van der Waals surface area contributed by atoms with Gasteiger partial charge >= 0.3 is 0 Å². The lowest BCUT2D eigenvalue weighted by Crippen LogP contribution is -2.34. The fourth-order valence-electron chi connectivity index (χ4n) is 2.84. The minimum Gasteiger partial charge on any atom is -0.296 e. The Morgan fingerprint density at radius 1 is 1.20 bits per heavy atom. The minimum atomic E-state index is 0.687. The van der Waals surface area contributed by atoms with Crippen LogP contribution in [0.15, 0.2) is 24.3 Å². The molecule has 0 unspecified atom stereocenters. The summed E-state index contributed by atoms with van der Waals surface area (Å²) in [6.45, 7) is 2.92. The van der Waals surface area contributed by atoms with Crippen molar-refractivity contribution in [2.75, 3.05) is 18.6 Å². The maximum atomic E-state index is 4.71. The van der Waals surface area contributed by atoms with E-state index in [0.717, 1.165) is 29.0 Å². The molecule has 20 heavy (non-hydrogen) atoms. The first-order valence-corrected chi connectivity index (χ1v) is 8.40. The fraction of sp³-hybridized carbons (Fsp3) is 0.500. The molecule has 0 radical (unpaired) electrons. The SMILES string of the molecule is Cc1nc(CN(C)C2CCSCC2)nc2ccccc12. The lowest BCUT2D eigenvalue weighted by atomic mass is 10.1. The van der Waals surface area contributed by atoms with Gasteiger partial charge in [-0.3, -0.25) is 4.90 Å². The second kappa shape index (κ2) is 6.10. The first kappa shape index (κ1) is 13.8. The van der Waals surface area contributed by atoms with E-state index >= 15 is 0 Å². The third-order valence-electron chi connectivity index (χ3n) is 4.05. The van der Waals surface area contributed by atoms with Gasteiger partial charge in [-0.25, -0.2) is 9.97 Å². The summed E-state index contributed by atoms with van der Waals surface area (Å²) in [5, 5.41) is 1.16. The normalized spacial score (nSPS) is 16.9. The van der Waals surface area contributed by atoms with E-state index in [1.54, 1.807) is 0 Å². The zero-order chi connectivity index (χ0) is 13.9. The van der Waals surface area contributed by atoms with Gasteiger partial charge in [0.2, 0.25) is 0 Å². The second-order valence-electron chi connectivity index (χ2n) is 5.50. The predicted molar refractivity (Wildman–Crippen MR) is 86.1 cm³/mol. The largest absolute Gasteiger partial charge is 0.296 e. The van der Waals surface area contributed by atoms with Crippen molar-refractivity contribution in [2.45, 2.75) is 32.4 Å². The van der Waals surface area contributed by atoms with Crippen molar-refractivity contribution in [1.82, 2.24) is 14.9 Å². The topological polar surface area (TPSA) is 29.0 Å². The first-order valence-electron chi connectivity index (χ1n) is 7.24. The Hall–Kier alpha value is -1.13. The molecule has 2 heterocycles. The van der Waals surface area contributed by atoms with Crippen LogP contribution in [0.2, 0.25) is 0 Å². The number of aryl methyl sites for hydroxylation is 1. The lowest BCUT2D eigenvalue weighted by molar-refractivity contribution is 0.216. The summed E-state index contributed by atoms with van der Waals surface area (Å²) in [5.41, 5.74) is 2.14. The Labute approximate surface area is 124 Å². The summed E-state index contributed by atoms with van der Waals surface area (Å²) in [6.07, 6.45) is 2.57. The summed E-state index contributed by atoms with van der Waals surface area (Å²) < 4.78 is 0. The number of fused-ring (bicyclic) bond motifs is 1. The van der Waals surface area contributed by atoms with Gasteiger partial charge in [0.15, 0.2) is 0 Å². The molecule has 1 aliphatic rings. The molecule has 1 aromatic heterocycles. The summed E-state index contributed by atoms with van der Waals surface area (Å²) in [7, 11) is 2.20. The summed E-state index contributed by atoms with van der Waals surface area (Å²) in [5.74, 6) is 3.51. The van der Waals surface area contributed by atoms with Gasteiger partial charge in [0.1, 0.15) is 5.82 Å². The van der Waals surface area contributed by atoms with Crippen LogP contribution in [0.5, 0.6) is 0 Å². The molecule has 0 N–H and O–H groups in total. The molecule has 1 aliphatic heterocycles. The molecule has 0 atom stereocenters. The Balaban J connectivity index is 1.80. The van der Waals surface area contributed by atoms with Crippen molar-refractivity contribution in [3.63, 3.8) is 0 Å². The van der Waals surface area contributed by atoms with E-state index in [1.165, 1.54) is 24.3 Å². The molecule has 1 saturated heterocycles. The number of hydrogen-bond acceptors (Lipinski definition) is 4. The van der Waals surface area contributed by atoms with Crippen molar-refractivity contribution < 1.29 is 0 Å². The fourth-order valence-corrected chi connectivity index (χ4v) is 3.93. The van der Waals surface area contributed by atoms with Crippen molar-refractivity contribution in [1.29, 1.82) is 0 Å². The van der Waals surface area contributed by atoms with Crippen molar-refractivity contribution in [2.24, 2.45) is 0 Å². The van der Waals surface area contributed by atoms with Crippen LogP contribution in [0.4, 0.5) is 0 Å². The van der Waals surface area contributed by atoms with Gasteiger partial charge < -0.3 is 0 Å². The molecule has 0 saturated carbocycles. The Bertz CT molecular complexity index is 593. The summed E-state index contributed by atoms with van der Waals surface area (Å²) in [6, 6.07) is 8.94. The smallest absolute Gasteiger partial charge is 0.143 e. The molecule has 0 spiro atoms. The number of rotatable bonds is 3. The highest BCUT2D eigenvalue weighted by Gasteiger charge is 2.19. The van der Waals surface area contributed by atoms with E-state index in [1.807, 2.05) is 12.1 Å². The second-order valence-corrected chi connectivity index (χ2v) is 6.73. The van der Waals surface area contributed by atoms with Gasteiger partial charge in [-0.05, 0) is 44.4 Å². The van der Waals surface area contributed by atoms with Crippen LogP contribution in [0, 0.1) is 6.92 Å². The standard InChI is InChI=1S/C16H21N3S/c1-12-14-5-3-4-6-15(14)18-16(17-12)11-19(2)13-7-9-20-10-8-13/h3-6,13H,7-11H2,1-2H3. The summed E-state index contributed by atoms with van der Waals surface area (Å²) in [4.78, 5) is 11.8.